The summed E-state index contributed by atoms with van der Waals surface area (Å²) < 4.78 is 15.8. The fourth-order valence-corrected chi connectivity index (χ4v) is 3.03. The highest BCUT2D eigenvalue weighted by atomic mass is 32.1. The maximum Gasteiger partial charge on any atom is 0.254 e. The van der Waals surface area contributed by atoms with Gasteiger partial charge in [0.05, 0.1) is 26.9 Å². The summed E-state index contributed by atoms with van der Waals surface area (Å²) in [4.78, 5) is 23.9. The van der Waals surface area contributed by atoms with E-state index in [4.69, 9.17) is 14.2 Å². The smallest absolute Gasteiger partial charge is 0.254 e. The van der Waals surface area contributed by atoms with Gasteiger partial charge in [-0.25, -0.2) is 0 Å². The monoisotopic (exact) mass is 376 g/mol. The molecule has 1 aromatic heterocycles. The number of carbonyl (C=O) groups excluding carboxylic acids is 2. The Bertz CT molecular complexity index is 804. The first-order valence-electron chi connectivity index (χ1n) is 7.62. The molecule has 7 nitrogen and oxygen atoms in total. The lowest BCUT2D eigenvalue weighted by molar-refractivity contribution is -0.111. The molecule has 0 bridgehead atoms. The molecule has 26 heavy (non-hydrogen) atoms. The van der Waals surface area contributed by atoms with Crippen LogP contribution in [-0.2, 0) is 4.79 Å². The van der Waals surface area contributed by atoms with E-state index in [0.29, 0.717) is 33.4 Å². The molecule has 1 heterocycles. The third kappa shape index (κ3) is 4.34. The summed E-state index contributed by atoms with van der Waals surface area (Å²) in [5.74, 6) is 0.853. The number of methoxy groups -OCH3 is 3. The van der Waals surface area contributed by atoms with E-state index in [2.05, 4.69) is 10.6 Å². The Morgan fingerprint density at radius 2 is 1.73 bits per heavy atom. The number of rotatable bonds is 7. The van der Waals surface area contributed by atoms with Crippen molar-refractivity contribution in [2.75, 3.05) is 33.7 Å². The van der Waals surface area contributed by atoms with Crippen molar-refractivity contribution >= 4 is 34.2 Å². The highest BCUT2D eigenvalue weighted by molar-refractivity contribution is 7.14. The van der Waals surface area contributed by atoms with E-state index in [0.717, 1.165) is 0 Å². The largest absolute Gasteiger partial charge is 0.493 e. The molecule has 8 heteroatoms. The number of thiophene rings is 1. The number of amides is 2. The van der Waals surface area contributed by atoms with Crippen molar-refractivity contribution in [1.82, 2.24) is 5.32 Å². The fourth-order valence-electron chi connectivity index (χ4n) is 2.24. The van der Waals surface area contributed by atoms with Crippen LogP contribution < -0.4 is 24.8 Å². The molecule has 0 spiro atoms. The van der Waals surface area contributed by atoms with Gasteiger partial charge in [0.1, 0.15) is 5.00 Å². The second-order valence-corrected chi connectivity index (χ2v) is 5.94. The van der Waals surface area contributed by atoms with Crippen molar-refractivity contribution < 1.29 is 23.8 Å². The van der Waals surface area contributed by atoms with Gasteiger partial charge in [0.15, 0.2) is 11.5 Å². The van der Waals surface area contributed by atoms with Gasteiger partial charge in [-0.1, -0.05) is 0 Å². The Morgan fingerprint density at radius 3 is 2.27 bits per heavy atom. The first kappa shape index (κ1) is 19.3. The topological polar surface area (TPSA) is 85.9 Å². The third-order valence-electron chi connectivity index (χ3n) is 3.49. The van der Waals surface area contributed by atoms with E-state index < -0.39 is 0 Å². The van der Waals surface area contributed by atoms with Crippen LogP contribution in [0.4, 0.5) is 5.00 Å². The average Bonchev–Trinajstić information content (AvgIpc) is 3.12. The molecular weight excluding hydrogens is 356 g/mol. The zero-order valence-electron chi connectivity index (χ0n) is 14.9. The molecule has 2 amide bonds. The van der Waals surface area contributed by atoms with Gasteiger partial charge in [-0.3, -0.25) is 9.59 Å². The Hall–Kier alpha value is -3.00. The zero-order valence-corrected chi connectivity index (χ0v) is 15.7. The molecule has 0 aliphatic heterocycles. The van der Waals surface area contributed by atoms with Gasteiger partial charge in [0.2, 0.25) is 11.7 Å². The van der Waals surface area contributed by atoms with Gasteiger partial charge < -0.3 is 24.8 Å². The van der Waals surface area contributed by atoms with E-state index in [1.807, 2.05) is 0 Å². The minimum atomic E-state index is -0.355. The van der Waals surface area contributed by atoms with Crippen molar-refractivity contribution in [2.24, 2.45) is 0 Å². The summed E-state index contributed by atoms with van der Waals surface area (Å²) >= 11 is 1.28. The normalized spacial score (nSPS) is 10.5. The Kier molecular flexibility index (Phi) is 6.62. The molecular formula is C18H20N2O5S. The van der Waals surface area contributed by atoms with Crippen LogP contribution in [0.15, 0.2) is 29.7 Å². The minimum Gasteiger partial charge on any atom is -0.493 e. The molecule has 1 aromatic carbocycles. The molecule has 0 radical (unpaired) electrons. The van der Waals surface area contributed by atoms with E-state index >= 15 is 0 Å². The van der Waals surface area contributed by atoms with Crippen LogP contribution in [0, 0.1) is 0 Å². The molecule has 0 fully saturated rings. The highest BCUT2D eigenvalue weighted by Gasteiger charge is 2.14. The first-order chi connectivity index (χ1) is 12.5. The molecule has 2 rings (SSSR count). The molecule has 2 aromatic rings. The number of hydrogen-bond donors (Lipinski definition) is 2. The Labute approximate surface area is 155 Å². The van der Waals surface area contributed by atoms with Gasteiger partial charge in [-0.15, -0.1) is 11.3 Å². The van der Waals surface area contributed by atoms with Crippen LogP contribution in [0.5, 0.6) is 17.2 Å². The number of benzene rings is 1. The number of anilines is 1. The van der Waals surface area contributed by atoms with Crippen molar-refractivity contribution in [2.45, 2.75) is 0 Å². The van der Waals surface area contributed by atoms with Crippen LogP contribution in [0.25, 0.3) is 6.08 Å². The second-order valence-electron chi connectivity index (χ2n) is 5.02. The molecule has 138 valence electrons. The van der Waals surface area contributed by atoms with Crippen molar-refractivity contribution in [3.63, 3.8) is 0 Å². The molecule has 0 saturated carbocycles. The summed E-state index contributed by atoms with van der Waals surface area (Å²) in [5, 5.41) is 7.46. The van der Waals surface area contributed by atoms with E-state index in [1.165, 1.54) is 45.8 Å². The summed E-state index contributed by atoms with van der Waals surface area (Å²) in [7, 11) is 6.10. The highest BCUT2D eigenvalue weighted by Crippen LogP contribution is 2.38. The molecule has 0 saturated heterocycles. The first-order valence-corrected chi connectivity index (χ1v) is 8.50. The summed E-state index contributed by atoms with van der Waals surface area (Å²) in [6.07, 6.45) is 2.99. The molecule has 0 aliphatic carbocycles. The van der Waals surface area contributed by atoms with Crippen LogP contribution >= 0.6 is 11.3 Å². The van der Waals surface area contributed by atoms with E-state index in [-0.39, 0.29) is 11.8 Å². The SMILES string of the molecule is CNC(=O)c1ccsc1NC(=O)/C=C/c1cc(OC)c(OC)c(OC)c1. The van der Waals surface area contributed by atoms with Crippen molar-refractivity contribution in [3.8, 4) is 17.2 Å². The van der Waals surface area contributed by atoms with Gasteiger partial charge >= 0.3 is 0 Å². The quantitative estimate of drug-likeness (QED) is 0.726. The maximum atomic E-state index is 12.2. The lowest BCUT2D eigenvalue weighted by Crippen LogP contribution is -2.19. The van der Waals surface area contributed by atoms with Gasteiger partial charge in [0.25, 0.3) is 5.91 Å². The third-order valence-corrected chi connectivity index (χ3v) is 4.32. The van der Waals surface area contributed by atoms with E-state index in [9.17, 15) is 9.59 Å². The molecule has 0 aliphatic rings. The summed E-state index contributed by atoms with van der Waals surface area (Å²) in [5.41, 5.74) is 1.12. The van der Waals surface area contributed by atoms with Gasteiger partial charge in [-0.2, -0.15) is 0 Å². The number of ether oxygens (including phenoxy) is 3. The molecule has 2 N–H and O–H groups in total. The Balaban J connectivity index is 2.18. The number of nitrogens with one attached hydrogen (secondary N) is 2. The predicted molar refractivity (Wildman–Crippen MR) is 101 cm³/mol. The average molecular weight is 376 g/mol. The number of carbonyl (C=O) groups is 2. The minimum absolute atomic E-state index is 0.254. The maximum absolute atomic E-state index is 12.2. The lowest BCUT2D eigenvalue weighted by Gasteiger charge is -2.12. The summed E-state index contributed by atoms with van der Waals surface area (Å²) in [6, 6.07) is 5.11. The van der Waals surface area contributed by atoms with Crippen LogP contribution in [0.3, 0.4) is 0 Å². The Morgan fingerprint density at radius 1 is 1.08 bits per heavy atom. The fraction of sp³-hybridized carbons (Fsp3) is 0.222. The standard InChI is InChI=1S/C18H20N2O5S/c1-19-17(22)12-7-8-26-18(12)20-15(21)6-5-11-9-13(23-2)16(25-4)14(10-11)24-3/h5-10H,1-4H3,(H,19,22)(H,20,21)/b6-5+. The predicted octanol–water partition coefficient (Wildman–Crippen LogP) is 2.79. The summed E-state index contributed by atoms with van der Waals surface area (Å²) in [6.45, 7) is 0. The van der Waals surface area contributed by atoms with Crippen molar-refractivity contribution in [3.05, 3.63) is 40.8 Å². The van der Waals surface area contributed by atoms with Gasteiger partial charge in [0, 0.05) is 13.1 Å². The second kappa shape index (κ2) is 8.91. The van der Waals surface area contributed by atoms with Crippen LogP contribution in [-0.4, -0.2) is 40.2 Å². The van der Waals surface area contributed by atoms with Gasteiger partial charge in [-0.05, 0) is 35.2 Å². The molecule has 0 atom stereocenters. The van der Waals surface area contributed by atoms with Crippen molar-refractivity contribution in [1.29, 1.82) is 0 Å². The van der Waals surface area contributed by atoms with E-state index in [1.54, 1.807) is 29.7 Å². The van der Waals surface area contributed by atoms with Crippen LogP contribution in [0.2, 0.25) is 0 Å². The number of hydrogen-bond acceptors (Lipinski definition) is 6. The zero-order chi connectivity index (χ0) is 19.1. The lowest BCUT2D eigenvalue weighted by atomic mass is 10.1. The molecule has 0 unspecified atom stereocenters. The van der Waals surface area contributed by atoms with Crippen LogP contribution in [0.1, 0.15) is 15.9 Å².